The summed E-state index contributed by atoms with van der Waals surface area (Å²) in [7, 11) is 0. The normalized spacial score (nSPS) is 24.1. The number of carbonyl (C=O) groups is 1. The molecule has 1 aromatic heterocycles. The summed E-state index contributed by atoms with van der Waals surface area (Å²) in [5.41, 5.74) is 2.36. The molecule has 5 heteroatoms. The third-order valence-corrected chi connectivity index (χ3v) is 6.00. The molecule has 1 spiro atoms. The highest BCUT2D eigenvalue weighted by atomic mass is 79.9. The molecule has 1 aliphatic carbocycles. The van der Waals surface area contributed by atoms with Crippen molar-refractivity contribution < 1.29 is 4.79 Å². The molecule has 2 aliphatic rings. The van der Waals surface area contributed by atoms with Crippen LogP contribution in [0, 0.1) is 18.3 Å². The number of carbonyl (C=O) groups excluding carboxylic acids is 1. The van der Waals surface area contributed by atoms with Gasteiger partial charge in [0, 0.05) is 18.9 Å². The zero-order valence-corrected chi connectivity index (χ0v) is 13.8. The van der Waals surface area contributed by atoms with E-state index in [9.17, 15) is 4.79 Å². The molecule has 110 valence electrons. The average Bonchev–Trinajstić information content (AvgIpc) is 3.08. The summed E-state index contributed by atoms with van der Waals surface area (Å²) in [6.07, 6.45) is 3.95. The Morgan fingerprint density at radius 3 is 2.85 bits per heavy atom. The number of hydrogen-bond acceptors (Lipinski definition) is 3. The molecular weight excluding hydrogens is 318 g/mol. The van der Waals surface area contributed by atoms with Gasteiger partial charge in [-0.15, -0.1) is 0 Å². The molecule has 1 atom stereocenters. The predicted molar refractivity (Wildman–Crippen MR) is 81.7 cm³/mol. The van der Waals surface area contributed by atoms with Crippen molar-refractivity contribution in [1.29, 1.82) is 0 Å². The second kappa shape index (κ2) is 5.26. The van der Waals surface area contributed by atoms with E-state index in [2.05, 4.69) is 33.3 Å². The lowest BCUT2D eigenvalue weighted by Crippen LogP contribution is -2.31. The number of nitrogens with one attached hydrogen (secondary N) is 1. The smallest absolute Gasteiger partial charge is 0.142 e. The van der Waals surface area contributed by atoms with Crippen LogP contribution in [0.25, 0.3) is 0 Å². The van der Waals surface area contributed by atoms with Crippen molar-refractivity contribution in [2.75, 3.05) is 13.1 Å². The molecule has 1 aliphatic heterocycles. The first-order chi connectivity index (χ1) is 9.57. The zero-order chi connectivity index (χ0) is 14.3. The van der Waals surface area contributed by atoms with Crippen LogP contribution in [0.5, 0.6) is 0 Å². The highest BCUT2D eigenvalue weighted by Crippen LogP contribution is 2.59. The Morgan fingerprint density at radius 2 is 2.20 bits per heavy atom. The minimum atomic E-state index is 0.289. The Balaban J connectivity index is 1.71. The van der Waals surface area contributed by atoms with Crippen LogP contribution < -0.4 is 5.32 Å². The van der Waals surface area contributed by atoms with Gasteiger partial charge < -0.3 is 5.32 Å². The lowest BCUT2D eigenvalue weighted by Gasteiger charge is -2.23. The van der Waals surface area contributed by atoms with Crippen LogP contribution in [-0.2, 0) is 17.8 Å². The molecular formula is C15H22BrN3O. The van der Waals surface area contributed by atoms with E-state index in [-0.39, 0.29) is 5.92 Å². The Labute approximate surface area is 128 Å². The maximum Gasteiger partial charge on any atom is 0.142 e. The van der Waals surface area contributed by atoms with Gasteiger partial charge in [0.05, 0.1) is 15.9 Å². The van der Waals surface area contributed by atoms with Crippen LogP contribution in [0.15, 0.2) is 4.47 Å². The largest absolute Gasteiger partial charge is 0.317 e. The first kappa shape index (κ1) is 14.3. The van der Waals surface area contributed by atoms with Crippen LogP contribution in [0.3, 0.4) is 0 Å². The number of rotatable bonds is 4. The van der Waals surface area contributed by atoms with Crippen LogP contribution in [-0.4, -0.2) is 28.7 Å². The third-order valence-electron chi connectivity index (χ3n) is 4.97. The van der Waals surface area contributed by atoms with Crippen LogP contribution in [0.4, 0.5) is 0 Å². The van der Waals surface area contributed by atoms with Crippen LogP contribution in [0.1, 0.15) is 37.6 Å². The molecule has 1 saturated heterocycles. The Kier molecular flexibility index (Phi) is 3.75. The molecule has 0 aromatic carbocycles. The van der Waals surface area contributed by atoms with E-state index in [0.717, 1.165) is 54.8 Å². The number of hydrogen-bond donors (Lipinski definition) is 1. The quantitative estimate of drug-likeness (QED) is 0.916. The van der Waals surface area contributed by atoms with Gasteiger partial charge in [-0.05, 0) is 67.5 Å². The fourth-order valence-electron chi connectivity index (χ4n) is 3.61. The molecule has 1 aromatic rings. The topological polar surface area (TPSA) is 46.9 Å². The Hall–Kier alpha value is -0.680. The lowest BCUT2D eigenvalue weighted by molar-refractivity contribution is -0.120. The molecule has 1 saturated carbocycles. The van der Waals surface area contributed by atoms with Crippen LogP contribution >= 0.6 is 15.9 Å². The maximum atomic E-state index is 12.6. The van der Waals surface area contributed by atoms with Gasteiger partial charge in [0.15, 0.2) is 0 Å². The minimum absolute atomic E-state index is 0.289. The molecule has 0 bridgehead atoms. The monoisotopic (exact) mass is 339 g/mol. The van der Waals surface area contributed by atoms with E-state index < -0.39 is 0 Å². The van der Waals surface area contributed by atoms with Crippen molar-refractivity contribution in [1.82, 2.24) is 15.1 Å². The van der Waals surface area contributed by atoms with E-state index in [4.69, 9.17) is 0 Å². The molecule has 20 heavy (non-hydrogen) atoms. The molecule has 1 N–H and O–H groups in total. The van der Waals surface area contributed by atoms with Gasteiger partial charge in [-0.25, -0.2) is 0 Å². The Bertz CT molecular complexity index is 531. The maximum absolute atomic E-state index is 12.6. The number of ketones is 1. The highest BCUT2D eigenvalue weighted by molar-refractivity contribution is 9.10. The van der Waals surface area contributed by atoms with E-state index in [1.807, 2.05) is 11.6 Å². The van der Waals surface area contributed by atoms with Crippen molar-refractivity contribution in [3.63, 3.8) is 0 Å². The molecule has 1 unspecified atom stereocenters. The van der Waals surface area contributed by atoms with Gasteiger partial charge in [0.1, 0.15) is 5.78 Å². The second-order valence-corrected chi connectivity index (χ2v) is 6.97. The summed E-state index contributed by atoms with van der Waals surface area (Å²) in [6.45, 7) is 7.00. The first-order valence-corrected chi connectivity index (χ1v) is 8.32. The summed E-state index contributed by atoms with van der Waals surface area (Å²) in [4.78, 5) is 12.6. The van der Waals surface area contributed by atoms with Gasteiger partial charge in [-0.1, -0.05) is 0 Å². The summed E-state index contributed by atoms with van der Waals surface area (Å²) in [5.74, 6) is 0.694. The summed E-state index contributed by atoms with van der Waals surface area (Å²) in [6, 6.07) is 0. The van der Waals surface area contributed by atoms with Crippen molar-refractivity contribution in [3.8, 4) is 0 Å². The van der Waals surface area contributed by atoms with Crippen molar-refractivity contribution in [3.05, 3.63) is 15.9 Å². The summed E-state index contributed by atoms with van der Waals surface area (Å²) >= 11 is 3.58. The standard InChI is InChI=1S/C15H22BrN3O/c1-3-19-12(14(16)10(2)18-19)8-13(20)11-9-15(11)4-6-17-7-5-15/h11,17H,3-9H2,1-2H3. The average molecular weight is 340 g/mol. The molecule has 2 fully saturated rings. The molecule has 4 nitrogen and oxygen atoms in total. The predicted octanol–water partition coefficient (Wildman–Crippen LogP) is 2.48. The number of nitrogens with zero attached hydrogens (tertiary/aromatic N) is 2. The molecule has 2 heterocycles. The van der Waals surface area contributed by atoms with Crippen molar-refractivity contribution >= 4 is 21.7 Å². The molecule has 0 amide bonds. The van der Waals surface area contributed by atoms with E-state index in [1.54, 1.807) is 0 Å². The number of Topliss-reactive ketones (excluding diaryl/α,β-unsaturated/α-hetero) is 1. The third kappa shape index (κ3) is 2.35. The lowest BCUT2D eigenvalue weighted by atomic mass is 9.90. The van der Waals surface area contributed by atoms with Crippen molar-refractivity contribution in [2.45, 2.75) is 46.1 Å². The number of aromatic nitrogens is 2. The van der Waals surface area contributed by atoms with Gasteiger partial charge in [0.25, 0.3) is 0 Å². The van der Waals surface area contributed by atoms with Crippen LogP contribution in [0.2, 0.25) is 0 Å². The molecule has 3 rings (SSSR count). The number of halogens is 1. The Morgan fingerprint density at radius 1 is 1.50 bits per heavy atom. The summed E-state index contributed by atoms with van der Waals surface area (Å²) in [5, 5.41) is 7.86. The fraction of sp³-hybridized carbons (Fsp3) is 0.733. The fourth-order valence-corrected chi connectivity index (χ4v) is 4.03. The number of piperidine rings is 1. The summed E-state index contributed by atoms with van der Waals surface area (Å²) < 4.78 is 2.96. The van der Waals surface area contributed by atoms with E-state index in [1.165, 1.54) is 0 Å². The van der Waals surface area contributed by atoms with Gasteiger partial charge in [-0.3, -0.25) is 9.48 Å². The van der Waals surface area contributed by atoms with Gasteiger partial charge in [-0.2, -0.15) is 5.10 Å². The first-order valence-electron chi connectivity index (χ1n) is 7.52. The SMILES string of the molecule is CCn1nc(C)c(Br)c1CC(=O)C1CC12CCNCC2. The van der Waals surface area contributed by atoms with Gasteiger partial charge >= 0.3 is 0 Å². The minimum Gasteiger partial charge on any atom is -0.317 e. The van der Waals surface area contributed by atoms with E-state index in [0.29, 0.717) is 17.6 Å². The van der Waals surface area contributed by atoms with E-state index >= 15 is 0 Å². The second-order valence-electron chi connectivity index (χ2n) is 6.17. The zero-order valence-electron chi connectivity index (χ0n) is 12.2. The highest BCUT2D eigenvalue weighted by Gasteiger charge is 2.57. The number of aryl methyl sites for hydroxylation is 2. The van der Waals surface area contributed by atoms with Gasteiger partial charge in [0.2, 0.25) is 0 Å². The molecule has 0 radical (unpaired) electrons. The van der Waals surface area contributed by atoms with Crippen molar-refractivity contribution in [2.24, 2.45) is 11.3 Å².